The Hall–Kier alpha value is -0.850. The highest BCUT2D eigenvalue weighted by Gasteiger charge is 2.12. The molecule has 2 aromatic rings. The summed E-state index contributed by atoms with van der Waals surface area (Å²) < 4.78 is 6.55. The number of nitrogens with two attached hydrogens (primary N) is 1. The van der Waals surface area contributed by atoms with Gasteiger partial charge in [-0.1, -0.05) is 12.1 Å². The third-order valence-corrected chi connectivity index (χ3v) is 3.43. The summed E-state index contributed by atoms with van der Waals surface area (Å²) in [7, 11) is 0. The summed E-state index contributed by atoms with van der Waals surface area (Å²) in [5.41, 5.74) is 5.18. The maximum atomic E-state index is 5.60. The summed E-state index contributed by atoms with van der Waals surface area (Å²) in [5.74, 6) is 6.50. The van der Waals surface area contributed by atoms with E-state index in [1.165, 1.54) is 9.13 Å². The number of hydrazine groups is 1. The Bertz CT molecular complexity index is 478. The molecule has 0 aliphatic heterocycles. The second kappa shape index (κ2) is 5.66. The standard InChI is InChI=1S/C13H15IN2O/c1-9-6-11(8-17-9)13(16-15)7-10-2-4-12(14)5-3-10/h2-6,8,13,16H,7,15H2,1H3. The van der Waals surface area contributed by atoms with E-state index in [4.69, 9.17) is 10.3 Å². The summed E-state index contributed by atoms with van der Waals surface area (Å²) in [6.45, 7) is 1.93. The van der Waals surface area contributed by atoms with Gasteiger partial charge in [0.05, 0.1) is 12.3 Å². The van der Waals surface area contributed by atoms with Gasteiger partial charge in [0.2, 0.25) is 0 Å². The first-order valence-electron chi connectivity index (χ1n) is 5.44. The van der Waals surface area contributed by atoms with Gasteiger partial charge < -0.3 is 4.42 Å². The van der Waals surface area contributed by atoms with E-state index in [0.717, 1.165) is 17.7 Å². The van der Waals surface area contributed by atoms with Crippen LogP contribution in [0, 0.1) is 10.5 Å². The molecule has 1 atom stereocenters. The lowest BCUT2D eigenvalue weighted by Gasteiger charge is -2.14. The highest BCUT2D eigenvalue weighted by Crippen LogP contribution is 2.20. The van der Waals surface area contributed by atoms with Crippen LogP contribution in [0.2, 0.25) is 0 Å². The second-order valence-corrected chi connectivity index (χ2v) is 5.29. The van der Waals surface area contributed by atoms with Crippen LogP contribution in [0.25, 0.3) is 0 Å². The minimum atomic E-state index is 0.0903. The van der Waals surface area contributed by atoms with Gasteiger partial charge in [0, 0.05) is 9.13 Å². The van der Waals surface area contributed by atoms with E-state index in [-0.39, 0.29) is 6.04 Å². The van der Waals surface area contributed by atoms with Crippen LogP contribution in [0.4, 0.5) is 0 Å². The van der Waals surface area contributed by atoms with Gasteiger partial charge in [-0.15, -0.1) is 0 Å². The van der Waals surface area contributed by atoms with Crippen LogP contribution in [-0.4, -0.2) is 0 Å². The molecular weight excluding hydrogens is 327 g/mol. The fourth-order valence-corrected chi connectivity index (χ4v) is 2.14. The molecule has 0 saturated heterocycles. The zero-order chi connectivity index (χ0) is 12.3. The lowest BCUT2D eigenvalue weighted by atomic mass is 10.0. The molecule has 1 aromatic heterocycles. The minimum Gasteiger partial charge on any atom is -0.469 e. The summed E-state index contributed by atoms with van der Waals surface area (Å²) >= 11 is 2.30. The quantitative estimate of drug-likeness (QED) is 0.510. The molecule has 0 aliphatic carbocycles. The summed E-state index contributed by atoms with van der Waals surface area (Å²) in [6, 6.07) is 10.6. The zero-order valence-corrected chi connectivity index (χ0v) is 11.8. The SMILES string of the molecule is Cc1cc(C(Cc2ccc(I)cc2)NN)co1. The largest absolute Gasteiger partial charge is 0.469 e. The number of hydrogen-bond donors (Lipinski definition) is 2. The topological polar surface area (TPSA) is 51.2 Å². The number of furan rings is 1. The maximum absolute atomic E-state index is 5.60. The van der Waals surface area contributed by atoms with Crippen LogP contribution in [-0.2, 0) is 6.42 Å². The first-order valence-corrected chi connectivity index (χ1v) is 6.52. The molecule has 90 valence electrons. The molecule has 0 fully saturated rings. The fourth-order valence-electron chi connectivity index (χ4n) is 1.78. The molecule has 3 nitrogen and oxygen atoms in total. The Balaban J connectivity index is 2.12. The van der Waals surface area contributed by atoms with E-state index in [1.54, 1.807) is 6.26 Å². The van der Waals surface area contributed by atoms with Crippen molar-refractivity contribution < 1.29 is 4.42 Å². The molecule has 0 aliphatic rings. The third kappa shape index (κ3) is 3.31. The monoisotopic (exact) mass is 342 g/mol. The number of rotatable bonds is 4. The van der Waals surface area contributed by atoms with Crippen LogP contribution in [0.3, 0.4) is 0 Å². The highest BCUT2D eigenvalue weighted by molar-refractivity contribution is 14.1. The molecule has 0 spiro atoms. The van der Waals surface area contributed by atoms with Crippen molar-refractivity contribution in [2.45, 2.75) is 19.4 Å². The molecule has 2 rings (SSSR count). The van der Waals surface area contributed by atoms with Crippen molar-refractivity contribution in [3.63, 3.8) is 0 Å². The van der Waals surface area contributed by atoms with E-state index in [0.29, 0.717) is 0 Å². The molecular formula is C13H15IN2O. The van der Waals surface area contributed by atoms with Crippen LogP contribution >= 0.6 is 22.6 Å². The van der Waals surface area contributed by atoms with Gasteiger partial charge in [-0.05, 0) is 59.7 Å². The number of nitrogens with one attached hydrogen (secondary N) is 1. The van der Waals surface area contributed by atoms with Crippen molar-refractivity contribution in [1.82, 2.24) is 5.43 Å². The van der Waals surface area contributed by atoms with E-state index < -0.39 is 0 Å². The normalized spacial score (nSPS) is 12.6. The first kappa shape index (κ1) is 12.6. The fraction of sp³-hybridized carbons (Fsp3) is 0.231. The number of hydrogen-bond acceptors (Lipinski definition) is 3. The van der Waals surface area contributed by atoms with Gasteiger partial charge in [-0.25, -0.2) is 0 Å². The molecule has 1 unspecified atom stereocenters. The molecule has 0 saturated carbocycles. The molecule has 0 radical (unpaired) electrons. The molecule has 0 bridgehead atoms. The lowest BCUT2D eigenvalue weighted by Crippen LogP contribution is -2.29. The van der Waals surface area contributed by atoms with E-state index >= 15 is 0 Å². The van der Waals surface area contributed by atoms with Crippen molar-refractivity contribution in [3.8, 4) is 0 Å². The molecule has 0 amide bonds. The van der Waals surface area contributed by atoms with Crippen molar-refractivity contribution in [2.75, 3.05) is 0 Å². The zero-order valence-electron chi connectivity index (χ0n) is 9.61. The Kier molecular flexibility index (Phi) is 4.20. The van der Waals surface area contributed by atoms with Crippen LogP contribution < -0.4 is 11.3 Å². The Morgan fingerprint density at radius 1 is 1.35 bits per heavy atom. The van der Waals surface area contributed by atoms with Crippen molar-refractivity contribution >= 4 is 22.6 Å². The molecule has 1 heterocycles. The Morgan fingerprint density at radius 3 is 2.59 bits per heavy atom. The predicted octanol–water partition coefficient (Wildman–Crippen LogP) is 2.94. The van der Waals surface area contributed by atoms with Gasteiger partial charge >= 0.3 is 0 Å². The van der Waals surface area contributed by atoms with Gasteiger partial charge in [0.25, 0.3) is 0 Å². The van der Waals surface area contributed by atoms with E-state index in [2.05, 4.69) is 52.3 Å². The number of aryl methyl sites for hydroxylation is 1. The summed E-state index contributed by atoms with van der Waals surface area (Å²) in [6.07, 6.45) is 2.61. The van der Waals surface area contributed by atoms with Crippen molar-refractivity contribution in [2.24, 2.45) is 5.84 Å². The molecule has 17 heavy (non-hydrogen) atoms. The number of halogens is 1. The average molecular weight is 342 g/mol. The van der Waals surface area contributed by atoms with Crippen molar-refractivity contribution in [1.29, 1.82) is 0 Å². The van der Waals surface area contributed by atoms with Crippen LogP contribution in [0.15, 0.2) is 41.0 Å². The van der Waals surface area contributed by atoms with E-state index in [1.807, 2.05) is 13.0 Å². The second-order valence-electron chi connectivity index (χ2n) is 4.04. The smallest absolute Gasteiger partial charge is 0.101 e. The van der Waals surface area contributed by atoms with Crippen molar-refractivity contribution in [3.05, 3.63) is 57.1 Å². The average Bonchev–Trinajstić information content (AvgIpc) is 2.75. The predicted molar refractivity (Wildman–Crippen MR) is 76.4 cm³/mol. The number of benzene rings is 1. The summed E-state index contributed by atoms with van der Waals surface area (Å²) in [4.78, 5) is 0. The highest BCUT2D eigenvalue weighted by atomic mass is 127. The Labute approximate surface area is 114 Å². The van der Waals surface area contributed by atoms with Crippen LogP contribution in [0.1, 0.15) is 22.9 Å². The van der Waals surface area contributed by atoms with Gasteiger partial charge in [0.1, 0.15) is 5.76 Å². The van der Waals surface area contributed by atoms with Gasteiger partial charge in [-0.3, -0.25) is 11.3 Å². The minimum absolute atomic E-state index is 0.0903. The summed E-state index contributed by atoms with van der Waals surface area (Å²) in [5, 5.41) is 0. The van der Waals surface area contributed by atoms with Gasteiger partial charge in [0.15, 0.2) is 0 Å². The van der Waals surface area contributed by atoms with Crippen LogP contribution in [0.5, 0.6) is 0 Å². The Morgan fingerprint density at radius 2 is 2.06 bits per heavy atom. The van der Waals surface area contributed by atoms with E-state index in [9.17, 15) is 0 Å². The maximum Gasteiger partial charge on any atom is 0.101 e. The van der Waals surface area contributed by atoms with Gasteiger partial charge in [-0.2, -0.15) is 0 Å². The molecule has 4 heteroatoms. The third-order valence-electron chi connectivity index (χ3n) is 2.71. The molecule has 3 N–H and O–H groups in total. The molecule has 1 aromatic carbocycles. The first-order chi connectivity index (χ1) is 8.19. The lowest BCUT2D eigenvalue weighted by molar-refractivity contribution is 0.511.